The zero-order valence-corrected chi connectivity index (χ0v) is 20.3. The Bertz CT molecular complexity index is 1130. The summed E-state index contributed by atoms with van der Waals surface area (Å²) < 4.78 is 21.7. The van der Waals surface area contributed by atoms with E-state index in [9.17, 15) is 4.39 Å². The molecule has 1 aromatic carbocycles. The number of nitrogens with one attached hydrogen (secondary N) is 1. The van der Waals surface area contributed by atoms with Gasteiger partial charge in [-0.2, -0.15) is 0 Å². The molecule has 0 unspecified atom stereocenters. The van der Waals surface area contributed by atoms with Gasteiger partial charge in [-0.25, -0.2) is 19.3 Å². The fourth-order valence-corrected chi connectivity index (χ4v) is 5.48. The van der Waals surface area contributed by atoms with Crippen molar-refractivity contribution in [2.45, 2.75) is 57.9 Å². The van der Waals surface area contributed by atoms with Crippen LogP contribution in [0.5, 0.6) is 0 Å². The van der Waals surface area contributed by atoms with Crippen molar-refractivity contribution >= 4 is 34.4 Å². The van der Waals surface area contributed by atoms with Crippen LogP contribution < -0.4 is 11.1 Å². The Kier molecular flexibility index (Phi) is 6.73. The number of hydrogen-bond donors (Lipinski definition) is 2. The summed E-state index contributed by atoms with van der Waals surface area (Å²) in [6, 6.07) is 4.64. The Balaban J connectivity index is 1.52. The molecule has 3 N–H and O–H groups in total. The topological polar surface area (TPSA) is 90.9 Å². The summed E-state index contributed by atoms with van der Waals surface area (Å²) in [4.78, 5) is 14.5. The minimum Gasteiger partial charge on any atom is -0.381 e. The van der Waals surface area contributed by atoms with Gasteiger partial charge < -0.3 is 15.8 Å². The van der Waals surface area contributed by atoms with Crippen LogP contribution in [0, 0.1) is 17.2 Å². The monoisotopic (exact) mass is 486 g/mol. The molecule has 1 aliphatic heterocycles. The molecule has 5 rings (SSSR count). The first-order valence-electron chi connectivity index (χ1n) is 12.2. The standard InChI is InChI=1S/C25H32ClFN6O/c1-25(6-8-34-9-7-25)13-22-29-15-21-23(32-22)33(20-4-2-16(14-28)3-5-20)24(31-21)30-19-11-17(26)10-18(27)12-19/h10-12,15-16,20H,2-9,13-14,28H2,1H3,(H,30,31). The van der Waals surface area contributed by atoms with E-state index in [4.69, 9.17) is 32.0 Å². The number of anilines is 2. The van der Waals surface area contributed by atoms with E-state index in [-0.39, 0.29) is 11.5 Å². The molecule has 1 saturated carbocycles. The summed E-state index contributed by atoms with van der Waals surface area (Å²) in [5.41, 5.74) is 8.17. The predicted molar refractivity (Wildman–Crippen MR) is 132 cm³/mol. The first kappa shape index (κ1) is 23.5. The van der Waals surface area contributed by atoms with Gasteiger partial charge in [0.15, 0.2) is 5.65 Å². The Morgan fingerprint density at radius 3 is 2.65 bits per heavy atom. The molecular formula is C25H32ClFN6O. The maximum Gasteiger partial charge on any atom is 0.209 e. The van der Waals surface area contributed by atoms with Gasteiger partial charge in [0, 0.05) is 36.4 Å². The van der Waals surface area contributed by atoms with Gasteiger partial charge in [-0.3, -0.25) is 4.57 Å². The molecule has 182 valence electrons. The van der Waals surface area contributed by atoms with Crippen LogP contribution in [0.15, 0.2) is 24.4 Å². The highest BCUT2D eigenvalue weighted by atomic mass is 35.5. The molecular weight excluding hydrogens is 455 g/mol. The highest BCUT2D eigenvalue weighted by Crippen LogP contribution is 2.38. The van der Waals surface area contributed by atoms with Crippen LogP contribution in [0.1, 0.15) is 57.3 Å². The van der Waals surface area contributed by atoms with E-state index in [0.717, 1.165) is 81.7 Å². The zero-order chi connectivity index (χ0) is 23.7. The summed E-state index contributed by atoms with van der Waals surface area (Å²) in [5, 5.41) is 3.63. The molecule has 0 atom stereocenters. The number of imidazole rings is 1. The summed E-state index contributed by atoms with van der Waals surface area (Å²) in [6.07, 6.45) is 8.77. The molecule has 7 nitrogen and oxygen atoms in total. The van der Waals surface area contributed by atoms with Crippen molar-refractivity contribution in [2.24, 2.45) is 17.1 Å². The van der Waals surface area contributed by atoms with Gasteiger partial charge in [-0.15, -0.1) is 0 Å². The van der Waals surface area contributed by atoms with Gasteiger partial charge in [0.1, 0.15) is 17.2 Å². The number of benzene rings is 1. The number of halogens is 2. The van der Waals surface area contributed by atoms with Crippen molar-refractivity contribution in [1.82, 2.24) is 19.5 Å². The second-order valence-corrected chi connectivity index (χ2v) is 10.5. The van der Waals surface area contributed by atoms with E-state index in [1.807, 2.05) is 6.20 Å². The summed E-state index contributed by atoms with van der Waals surface area (Å²) >= 11 is 6.09. The maximum absolute atomic E-state index is 14.0. The van der Waals surface area contributed by atoms with Crippen LogP contribution in [0.25, 0.3) is 11.2 Å². The quantitative estimate of drug-likeness (QED) is 0.484. The molecule has 3 heterocycles. The minimum absolute atomic E-state index is 0.134. The number of hydrogen-bond acceptors (Lipinski definition) is 6. The maximum atomic E-state index is 14.0. The second-order valence-electron chi connectivity index (χ2n) is 10.1. The predicted octanol–water partition coefficient (Wildman–Crippen LogP) is 5.41. The van der Waals surface area contributed by atoms with Crippen LogP contribution in [-0.4, -0.2) is 39.3 Å². The number of fused-ring (bicyclic) bond motifs is 1. The molecule has 0 amide bonds. The van der Waals surface area contributed by atoms with Gasteiger partial charge in [0.2, 0.25) is 5.95 Å². The third-order valence-electron chi connectivity index (χ3n) is 7.40. The van der Waals surface area contributed by atoms with Gasteiger partial charge in [0.25, 0.3) is 0 Å². The molecule has 0 bridgehead atoms. The van der Waals surface area contributed by atoms with Crippen molar-refractivity contribution in [1.29, 1.82) is 0 Å². The molecule has 0 radical (unpaired) electrons. The van der Waals surface area contributed by atoms with Gasteiger partial charge in [-0.05, 0) is 74.6 Å². The van der Waals surface area contributed by atoms with Gasteiger partial charge in [-0.1, -0.05) is 18.5 Å². The first-order chi connectivity index (χ1) is 16.4. The lowest BCUT2D eigenvalue weighted by Gasteiger charge is -2.33. The number of nitrogens with zero attached hydrogens (tertiary/aromatic N) is 4. The zero-order valence-electron chi connectivity index (χ0n) is 19.6. The lowest BCUT2D eigenvalue weighted by molar-refractivity contribution is 0.0232. The Hall–Kier alpha value is -2.29. The van der Waals surface area contributed by atoms with E-state index in [0.29, 0.717) is 22.6 Å². The van der Waals surface area contributed by atoms with Crippen LogP contribution in [0.2, 0.25) is 5.02 Å². The smallest absolute Gasteiger partial charge is 0.209 e. The fourth-order valence-electron chi connectivity index (χ4n) is 5.26. The van der Waals surface area contributed by atoms with Crippen molar-refractivity contribution < 1.29 is 9.13 Å². The Morgan fingerprint density at radius 1 is 1.18 bits per heavy atom. The molecule has 1 saturated heterocycles. The summed E-state index contributed by atoms with van der Waals surface area (Å²) in [7, 11) is 0. The third-order valence-corrected chi connectivity index (χ3v) is 7.62. The summed E-state index contributed by atoms with van der Waals surface area (Å²) in [6.45, 7) is 4.57. The van der Waals surface area contributed by atoms with Crippen LogP contribution in [0.4, 0.5) is 16.0 Å². The minimum atomic E-state index is -0.395. The van der Waals surface area contributed by atoms with Gasteiger partial charge in [0.05, 0.1) is 6.20 Å². The normalized spacial score (nSPS) is 22.7. The number of aromatic nitrogens is 4. The SMILES string of the molecule is CC1(Cc2ncc3nc(Nc4cc(F)cc(Cl)c4)n(C4CCC(CN)CC4)c3n2)CCOCC1. The molecule has 2 aromatic heterocycles. The van der Waals surface area contributed by atoms with E-state index >= 15 is 0 Å². The molecule has 3 aromatic rings. The fraction of sp³-hybridized carbons (Fsp3) is 0.560. The van der Waals surface area contributed by atoms with E-state index in [1.165, 1.54) is 12.1 Å². The van der Waals surface area contributed by atoms with E-state index < -0.39 is 5.82 Å². The van der Waals surface area contributed by atoms with Crippen molar-refractivity contribution in [3.63, 3.8) is 0 Å². The second kappa shape index (κ2) is 9.76. The van der Waals surface area contributed by atoms with Crippen LogP contribution in [0.3, 0.4) is 0 Å². The average Bonchev–Trinajstić information content (AvgIpc) is 3.15. The highest BCUT2D eigenvalue weighted by molar-refractivity contribution is 6.30. The Morgan fingerprint density at radius 2 is 1.94 bits per heavy atom. The number of ether oxygens (including phenoxy) is 1. The molecule has 9 heteroatoms. The highest BCUT2D eigenvalue weighted by Gasteiger charge is 2.30. The summed E-state index contributed by atoms with van der Waals surface area (Å²) in [5.74, 6) is 1.63. The first-order valence-corrected chi connectivity index (χ1v) is 12.5. The van der Waals surface area contributed by atoms with Crippen molar-refractivity contribution in [2.75, 3.05) is 25.1 Å². The molecule has 2 aliphatic rings. The average molecular weight is 487 g/mol. The lowest BCUT2D eigenvalue weighted by atomic mass is 9.79. The third kappa shape index (κ3) is 5.04. The van der Waals surface area contributed by atoms with Crippen molar-refractivity contribution in [3.05, 3.63) is 41.1 Å². The van der Waals surface area contributed by atoms with Crippen molar-refractivity contribution in [3.8, 4) is 0 Å². The molecule has 0 spiro atoms. The van der Waals surface area contributed by atoms with Crippen LogP contribution in [-0.2, 0) is 11.2 Å². The molecule has 34 heavy (non-hydrogen) atoms. The van der Waals surface area contributed by atoms with Gasteiger partial charge >= 0.3 is 0 Å². The largest absolute Gasteiger partial charge is 0.381 e. The Labute approximate surface area is 204 Å². The lowest BCUT2D eigenvalue weighted by Crippen LogP contribution is -2.29. The number of nitrogens with two attached hydrogens (primary N) is 1. The molecule has 2 fully saturated rings. The number of rotatable bonds is 6. The van der Waals surface area contributed by atoms with E-state index in [2.05, 4.69) is 21.8 Å². The van der Waals surface area contributed by atoms with E-state index in [1.54, 1.807) is 6.07 Å². The van der Waals surface area contributed by atoms with Crippen LogP contribution >= 0.6 is 11.6 Å². The molecule has 1 aliphatic carbocycles.